The van der Waals surface area contributed by atoms with Gasteiger partial charge in [-0.25, -0.2) is 4.39 Å². The second kappa shape index (κ2) is 7.34. The Kier molecular flexibility index (Phi) is 4.99. The highest BCUT2D eigenvalue weighted by atomic mass is 19.1. The van der Waals surface area contributed by atoms with Gasteiger partial charge in [0.1, 0.15) is 5.82 Å². The number of halogens is 1. The molecule has 0 aliphatic carbocycles. The van der Waals surface area contributed by atoms with Crippen LogP contribution in [-0.4, -0.2) is 26.2 Å². The number of carbonyl (C=O) groups excluding carboxylic acids is 1. The Morgan fingerprint density at radius 1 is 1.17 bits per heavy atom. The monoisotopic (exact) mass is 329 g/mol. The van der Waals surface area contributed by atoms with Gasteiger partial charge in [-0.1, -0.05) is 18.2 Å². The van der Waals surface area contributed by atoms with Crippen LogP contribution in [0.1, 0.15) is 23.5 Å². The molecular weight excluding hydrogens is 309 g/mol. The van der Waals surface area contributed by atoms with Crippen LogP contribution in [0.4, 0.5) is 4.39 Å². The van der Waals surface area contributed by atoms with Crippen molar-refractivity contribution in [2.45, 2.75) is 18.8 Å². The molecule has 1 amide bonds. The zero-order chi connectivity index (χ0) is 16.9. The van der Waals surface area contributed by atoms with Crippen LogP contribution >= 0.6 is 0 Å². The van der Waals surface area contributed by atoms with Gasteiger partial charge in [0.25, 0.3) is 0 Å². The SMILES string of the molecule is COc1ccc(C2CNC(=O)C2)cc1OCCc1ccc(F)cc1. The van der Waals surface area contributed by atoms with Gasteiger partial charge in [-0.05, 0) is 35.4 Å². The fourth-order valence-electron chi connectivity index (χ4n) is 2.83. The molecule has 0 bridgehead atoms. The standard InChI is InChI=1S/C19H20FNO3/c1-23-17-7-4-14(15-11-19(22)21-12-15)10-18(17)24-9-8-13-2-5-16(20)6-3-13/h2-7,10,15H,8-9,11-12H2,1H3,(H,21,22). The van der Waals surface area contributed by atoms with Crippen LogP contribution < -0.4 is 14.8 Å². The van der Waals surface area contributed by atoms with E-state index in [1.54, 1.807) is 19.2 Å². The molecule has 3 rings (SSSR count). The minimum atomic E-state index is -0.242. The van der Waals surface area contributed by atoms with E-state index in [9.17, 15) is 9.18 Å². The summed E-state index contributed by atoms with van der Waals surface area (Å²) in [6, 6.07) is 12.2. The van der Waals surface area contributed by atoms with E-state index in [1.165, 1.54) is 12.1 Å². The third-order valence-corrected chi connectivity index (χ3v) is 4.20. The maximum Gasteiger partial charge on any atom is 0.220 e. The Morgan fingerprint density at radius 3 is 2.62 bits per heavy atom. The molecular formula is C19H20FNO3. The third kappa shape index (κ3) is 3.85. The lowest BCUT2D eigenvalue weighted by molar-refractivity contribution is -0.119. The maximum absolute atomic E-state index is 12.9. The highest BCUT2D eigenvalue weighted by molar-refractivity contribution is 5.79. The number of methoxy groups -OCH3 is 1. The third-order valence-electron chi connectivity index (χ3n) is 4.20. The molecule has 1 heterocycles. The Hall–Kier alpha value is -2.56. The molecule has 5 heteroatoms. The van der Waals surface area contributed by atoms with Gasteiger partial charge in [-0.2, -0.15) is 0 Å². The number of hydrogen-bond donors (Lipinski definition) is 1. The largest absolute Gasteiger partial charge is 0.493 e. The average Bonchev–Trinajstić information content (AvgIpc) is 3.03. The molecule has 2 aromatic carbocycles. The van der Waals surface area contributed by atoms with E-state index in [0.29, 0.717) is 37.5 Å². The first-order valence-electron chi connectivity index (χ1n) is 7.97. The van der Waals surface area contributed by atoms with Crippen LogP contribution in [0, 0.1) is 5.82 Å². The Morgan fingerprint density at radius 2 is 1.96 bits per heavy atom. The van der Waals surface area contributed by atoms with E-state index in [2.05, 4.69) is 5.32 Å². The van der Waals surface area contributed by atoms with E-state index in [4.69, 9.17) is 9.47 Å². The van der Waals surface area contributed by atoms with Crippen LogP contribution in [-0.2, 0) is 11.2 Å². The molecule has 1 unspecified atom stereocenters. The quantitative estimate of drug-likeness (QED) is 0.886. The van der Waals surface area contributed by atoms with Crippen molar-refractivity contribution in [3.63, 3.8) is 0 Å². The normalized spacial score (nSPS) is 16.8. The van der Waals surface area contributed by atoms with Gasteiger partial charge in [-0.3, -0.25) is 4.79 Å². The van der Waals surface area contributed by atoms with Crippen molar-refractivity contribution >= 4 is 5.91 Å². The number of ether oxygens (including phenoxy) is 2. The average molecular weight is 329 g/mol. The molecule has 1 atom stereocenters. The Balaban J connectivity index is 1.66. The summed E-state index contributed by atoms with van der Waals surface area (Å²) >= 11 is 0. The van der Waals surface area contributed by atoms with Gasteiger partial charge in [0.2, 0.25) is 5.91 Å². The van der Waals surface area contributed by atoms with Gasteiger partial charge in [-0.15, -0.1) is 0 Å². The molecule has 0 aromatic heterocycles. The van der Waals surface area contributed by atoms with Gasteiger partial charge in [0, 0.05) is 25.3 Å². The first-order valence-corrected chi connectivity index (χ1v) is 7.97. The molecule has 1 aliphatic rings. The van der Waals surface area contributed by atoms with Gasteiger partial charge in [0.05, 0.1) is 13.7 Å². The Bertz CT molecular complexity index is 715. The van der Waals surface area contributed by atoms with Crippen LogP contribution in [0.25, 0.3) is 0 Å². The molecule has 2 aromatic rings. The summed E-state index contributed by atoms with van der Waals surface area (Å²) in [6.45, 7) is 1.12. The van der Waals surface area contributed by atoms with Crippen molar-refractivity contribution in [1.82, 2.24) is 5.32 Å². The van der Waals surface area contributed by atoms with Crippen LogP contribution in [0.5, 0.6) is 11.5 Å². The highest BCUT2D eigenvalue weighted by Gasteiger charge is 2.23. The first kappa shape index (κ1) is 16.3. The summed E-state index contributed by atoms with van der Waals surface area (Å²) < 4.78 is 24.1. The second-order valence-electron chi connectivity index (χ2n) is 5.84. The minimum absolute atomic E-state index is 0.0783. The van der Waals surface area contributed by atoms with Crippen molar-refractivity contribution in [1.29, 1.82) is 0 Å². The summed E-state index contributed by atoms with van der Waals surface area (Å²) in [4.78, 5) is 11.4. The van der Waals surface area contributed by atoms with Crippen LogP contribution in [0.3, 0.4) is 0 Å². The van der Waals surface area contributed by atoms with Crippen molar-refractivity contribution in [3.8, 4) is 11.5 Å². The molecule has 1 N–H and O–H groups in total. The zero-order valence-corrected chi connectivity index (χ0v) is 13.5. The van der Waals surface area contributed by atoms with Gasteiger partial charge < -0.3 is 14.8 Å². The van der Waals surface area contributed by atoms with Gasteiger partial charge in [0.15, 0.2) is 11.5 Å². The van der Waals surface area contributed by atoms with Crippen LogP contribution in [0.2, 0.25) is 0 Å². The molecule has 126 valence electrons. The van der Waals surface area contributed by atoms with Crippen molar-refractivity contribution in [2.75, 3.05) is 20.3 Å². The molecule has 0 spiro atoms. The number of nitrogens with one attached hydrogen (secondary N) is 1. The van der Waals surface area contributed by atoms with E-state index >= 15 is 0 Å². The van der Waals surface area contributed by atoms with Crippen LogP contribution in [0.15, 0.2) is 42.5 Å². The molecule has 0 radical (unpaired) electrons. The first-order chi connectivity index (χ1) is 11.7. The summed E-state index contributed by atoms with van der Waals surface area (Å²) in [5.74, 6) is 1.33. The van der Waals surface area contributed by atoms with E-state index in [1.807, 2.05) is 18.2 Å². The number of carbonyl (C=O) groups is 1. The van der Waals surface area contributed by atoms with Crippen molar-refractivity contribution < 1.29 is 18.7 Å². The predicted octanol–water partition coefficient (Wildman–Crippen LogP) is 3.06. The summed E-state index contributed by atoms with van der Waals surface area (Å²) in [7, 11) is 1.60. The summed E-state index contributed by atoms with van der Waals surface area (Å²) in [5, 5.41) is 2.84. The number of rotatable bonds is 6. The van der Waals surface area contributed by atoms with E-state index in [-0.39, 0.29) is 17.6 Å². The maximum atomic E-state index is 12.9. The molecule has 0 saturated carbocycles. The number of hydrogen-bond acceptors (Lipinski definition) is 3. The number of benzene rings is 2. The van der Waals surface area contributed by atoms with Crippen molar-refractivity contribution in [2.24, 2.45) is 0 Å². The molecule has 1 aliphatic heterocycles. The van der Waals surface area contributed by atoms with Crippen molar-refractivity contribution in [3.05, 3.63) is 59.4 Å². The smallest absolute Gasteiger partial charge is 0.220 e. The topological polar surface area (TPSA) is 47.6 Å². The summed E-state index contributed by atoms with van der Waals surface area (Å²) in [5.41, 5.74) is 2.07. The fourth-order valence-corrected chi connectivity index (χ4v) is 2.83. The molecule has 24 heavy (non-hydrogen) atoms. The highest BCUT2D eigenvalue weighted by Crippen LogP contribution is 2.33. The van der Waals surface area contributed by atoms with Gasteiger partial charge >= 0.3 is 0 Å². The Labute approximate surface area is 140 Å². The minimum Gasteiger partial charge on any atom is -0.493 e. The predicted molar refractivity (Wildman–Crippen MR) is 89.0 cm³/mol. The lowest BCUT2D eigenvalue weighted by atomic mass is 9.98. The summed E-state index contributed by atoms with van der Waals surface area (Å²) in [6.07, 6.45) is 1.18. The fraction of sp³-hybridized carbons (Fsp3) is 0.316. The molecule has 1 saturated heterocycles. The van der Waals surface area contributed by atoms with E-state index in [0.717, 1.165) is 11.1 Å². The molecule has 4 nitrogen and oxygen atoms in total. The number of amides is 1. The zero-order valence-electron chi connectivity index (χ0n) is 13.5. The van der Waals surface area contributed by atoms with E-state index < -0.39 is 0 Å². The lowest BCUT2D eigenvalue weighted by Gasteiger charge is -2.14. The lowest BCUT2D eigenvalue weighted by Crippen LogP contribution is -2.13. The molecule has 1 fully saturated rings. The second-order valence-corrected chi connectivity index (χ2v) is 5.84.